The molecule has 0 aliphatic carbocycles. The van der Waals surface area contributed by atoms with Crippen molar-refractivity contribution in [2.24, 2.45) is 0 Å². The molecule has 2 aromatic carbocycles. The molecule has 2 aromatic rings. The number of rotatable bonds is 9. The van der Waals surface area contributed by atoms with Gasteiger partial charge in [0.1, 0.15) is 0 Å². The summed E-state index contributed by atoms with van der Waals surface area (Å²) in [7, 11) is -3.65. The molecule has 0 aliphatic heterocycles. The molecule has 26 heavy (non-hydrogen) atoms. The van der Waals surface area contributed by atoms with Crippen molar-refractivity contribution in [1.29, 1.82) is 0 Å². The van der Waals surface area contributed by atoms with Gasteiger partial charge in [-0.1, -0.05) is 13.3 Å². The van der Waals surface area contributed by atoms with Crippen molar-refractivity contribution >= 4 is 27.6 Å². The number of ether oxygens (including phenoxy) is 1. The maximum Gasteiger partial charge on any atom is 0.338 e. The lowest BCUT2D eigenvalue weighted by atomic mass is 10.2. The molecule has 0 unspecified atom stereocenters. The summed E-state index contributed by atoms with van der Waals surface area (Å²) >= 11 is 1.45. The number of carbonyl (C=O) groups excluding carboxylic acids is 1. The van der Waals surface area contributed by atoms with Crippen LogP contribution in [0.5, 0.6) is 0 Å². The van der Waals surface area contributed by atoms with Crippen LogP contribution >= 0.6 is 11.8 Å². The van der Waals surface area contributed by atoms with Crippen LogP contribution in [0.1, 0.15) is 30.1 Å². The maximum absolute atomic E-state index is 12.7. The Balaban J connectivity index is 2.12. The number of benzene rings is 2. The third-order valence-electron chi connectivity index (χ3n) is 3.63. The number of thioether (sulfide) groups is 1. The van der Waals surface area contributed by atoms with Crippen molar-refractivity contribution in [2.75, 3.05) is 19.0 Å². The molecule has 1 N–H and O–H groups in total. The van der Waals surface area contributed by atoms with Crippen molar-refractivity contribution < 1.29 is 23.1 Å². The summed E-state index contributed by atoms with van der Waals surface area (Å²) in [5, 5.41) is 8.83. The molecule has 0 aliphatic rings. The molecule has 0 heterocycles. The molecule has 0 spiro atoms. The fourth-order valence-corrected chi connectivity index (χ4v) is 4.09. The molecule has 7 heteroatoms. The van der Waals surface area contributed by atoms with Gasteiger partial charge in [0.25, 0.3) is 0 Å². The number of aliphatic hydroxyl groups excluding tert-OH is 1. The predicted molar refractivity (Wildman–Crippen MR) is 101 cm³/mol. The van der Waals surface area contributed by atoms with Gasteiger partial charge in [0.2, 0.25) is 9.84 Å². The standard InChI is InChI=1S/C19H22O5S2/c1-2-3-13-24-19(21)15-4-8-17(9-5-15)26(22,23)18-10-6-16(7-11-18)25-14-12-20/h4-11,20H,2-3,12-14H2,1H3. The normalized spacial score (nSPS) is 11.3. The summed E-state index contributed by atoms with van der Waals surface area (Å²) in [6.07, 6.45) is 1.73. The SMILES string of the molecule is CCCCOC(=O)c1ccc(S(=O)(=O)c2ccc(SCCO)cc2)cc1. The molecule has 5 nitrogen and oxygen atoms in total. The monoisotopic (exact) mass is 394 g/mol. The molecule has 0 saturated heterocycles. The van der Waals surface area contributed by atoms with Gasteiger partial charge >= 0.3 is 5.97 Å². The Kier molecular flexibility index (Phi) is 7.68. The summed E-state index contributed by atoms with van der Waals surface area (Å²) in [6, 6.07) is 12.3. The first kappa shape index (κ1) is 20.5. The number of esters is 1. The van der Waals surface area contributed by atoms with E-state index >= 15 is 0 Å². The lowest BCUT2D eigenvalue weighted by molar-refractivity contribution is 0.0499. The van der Waals surface area contributed by atoms with E-state index in [0.717, 1.165) is 17.7 Å². The number of carbonyl (C=O) groups is 1. The second kappa shape index (κ2) is 9.75. The van der Waals surface area contributed by atoms with Crippen LogP contribution in [0, 0.1) is 0 Å². The summed E-state index contributed by atoms with van der Waals surface area (Å²) in [5.74, 6) is 0.106. The molecule has 140 valence electrons. The highest BCUT2D eigenvalue weighted by molar-refractivity contribution is 7.99. The second-order valence-electron chi connectivity index (χ2n) is 5.56. The van der Waals surface area contributed by atoms with Crippen molar-refractivity contribution in [2.45, 2.75) is 34.5 Å². The quantitative estimate of drug-likeness (QED) is 0.398. The average molecular weight is 395 g/mol. The van der Waals surface area contributed by atoms with Gasteiger partial charge < -0.3 is 9.84 Å². The van der Waals surface area contributed by atoms with E-state index in [1.807, 2.05) is 6.92 Å². The first-order valence-corrected chi connectivity index (χ1v) is 10.8. The average Bonchev–Trinajstić information content (AvgIpc) is 2.67. The third kappa shape index (κ3) is 5.33. The van der Waals surface area contributed by atoms with E-state index in [9.17, 15) is 13.2 Å². The first-order valence-electron chi connectivity index (χ1n) is 8.35. The molecule has 0 aromatic heterocycles. The molecular weight excluding hydrogens is 372 g/mol. The summed E-state index contributed by atoms with van der Waals surface area (Å²) in [6.45, 7) is 2.43. The zero-order chi connectivity index (χ0) is 19.0. The summed E-state index contributed by atoms with van der Waals surface area (Å²) in [4.78, 5) is 13.1. The zero-order valence-electron chi connectivity index (χ0n) is 14.6. The topological polar surface area (TPSA) is 80.7 Å². The number of hydrogen-bond donors (Lipinski definition) is 1. The summed E-state index contributed by atoms with van der Waals surface area (Å²) in [5.41, 5.74) is 0.329. The highest BCUT2D eigenvalue weighted by Crippen LogP contribution is 2.24. The van der Waals surface area contributed by atoms with Crippen LogP contribution in [0.4, 0.5) is 0 Å². The van der Waals surface area contributed by atoms with Crippen LogP contribution in [0.25, 0.3) is 0 Å². The second-order valence-corrected chi connectivity index (χ2v) is 8.68. The van der Waals surface area contributed by atoms with Gasteiger partial charge in [-0.25, -0.2) is 13.2 Å². The van der Waals surface area contributed by atoms with Gasteiger partial charge in [0.05, 0.1) is 28.6 Å². The van der Waals surface area contributed by atoms with Crippen LogP contribution in [0.15, 0.2) is 63.2 Å². The predicted octanol–water partition coefficient (Wildman–Crippen LogP) is 3.56. The Labute approximate surface area is 158 Å². The van der Waals surface area contributed by atoms with Gasteiger partial charge in [-0.15, -0.1) is 11.8 Å². The Morgan fingerprint density at radius 2 is 1.62 bits per heavy atom. The Morgan fingerprint density at radius 1 is 1.04 bits per heavy atom. The Bertz CT molecular complexity index is 812. The smallest absolute Gasteiger partial charge is 0.338 e. The van der Waals surface area contributed by atoms with E-state index in [2.05, 4.69) is 0 Å². The van der Waals surface area contributed by atoms with Gasteiger partial charge in [0.15, 0.2) is 0 Å². The van der Waals surface area contributed by atoms with E-state index in [1.54, 1.807) is 24.3 Å². The molecule has 0 atom stereocenters. The van der Waals surface area contributed by atoms with E-state index < -0.39 is 15.8 Å². The third-order valence-corrected chi connectivity index (χ3v) is 6.40. The van der Waals surface area contributed by atoms with E-state index in [-0.39, 0.29) is 16.4 Å². The van der Waals surface area contributed by atoms with Crippen LogP contribution in [0.2, 0.25) is 0 Å². The van der Waals surface area contributed by atoms with Crippen molar-refractivity contribution in [3.05, 3.63) is 54.1 Å². The maximum atomic E-state index is 12.7. The van der Waals surface area contributed by atoms with E-state index in [1.165, 1.54) is 36.0 Å². The lowest BCUT2D eigenvalue weighted by Gasteiger charge is -2.07. The van der Waals surface area contributed by atoms with E-state index in [0.29, 0.717) is 17.9 Å². The van der Waals surface area contributed by atoms with Gasteiger partial charge in [-0.3, -0.25) is 0 Å². The fraction of sp³-hybridized carbons (Fsp3) is 0.316. The van der Waals surface area contributed by atoms with Gasteiger partial charge in [-0.05, 0) is 55.0 Å². The molecule has 2 rings (SSSR count). The van der Waals surface area contributed by atoms with Crippen molar-refractivity contribution in [3.8, 4) is 0 Å². The summed E-state index contributed by atoms with van der Waals surface area (Å²) < 4.78 is 30.5. The lowest BCUT2D eigenvalue weighted by Crippen LogP contribution is -2.07. The molecule has 0 saturated carbocycles. The van der Waals surface area contributed by atoms with Gasteiger partial charge in [-0.2, -0.15) is 0 Å². The molecule has 0 amide bonds. The molecular formula is C19H22O5S2. The van der Waals surface area contributed by atoms with Crippen LogP contribution in [-0.4, -0.2) is 38.5 Å². The zero-order valence-corrected chi connectivity index (χ0v) is 16.2. The van der Waals surface area contributed by atoms with Crippen molar-refractivity contribution in [3.63, 3.8) is 0 Å². The first-order chi connectivity index (χ1) is 12.5. The number of aliphatic hydroxyl groups is 1. The number of sulfone groups is 1. The highest BCUT2D eigenvalue weighted by Gasteiger charge is 2.18. The highest BCUT2D eigenvalue weighted by atomic mass is 32.2. The van der Waals surface area contributed by atoms with Crippen molar-refractivity contribution in [1.82, 2.24) is 0 Å². The van der Waals surface area contributed by atoms with Crippen LogP contribution in [0.3, 0.4) is 0 Å². The Hall–Kier alpha value is -1.83. The minimum absolute atomic E-state index is 0.0674. The number of hydrogen-bond acceptors (Lipinski definition) is 6. The van der Waals surface area contributed by atoms with Crippen LogP contribution < -0.4 is 0 Å². The minimum atomic E-state index is -3.65. The molecule has 0 fully saturated rings. The number of unbranched alkanes of at least 4 members (excludes halogenated alkanes) is 1. The molecule has 0 radical (unpaired) electrons. The Morgan fingerprint density at radius 3 is 2.15 bits per heavy atom. The molecule has 0 bridgehead atoms. The minimum Gasteiger partial charge on any atom is -0.462 e. The van der Waals surface area contributed by atoms with E-state index in [4.69, 9.17) is 9.84 Å². The van der Waals surface area contributed by atoms with Gasteiger partial charge in [0, 0.05) is 10.6 Å². The largest absolute Gasteiger partial charge is 0.462 e. The fourth-order valence-electron chi connectivity index (χ4n) is 2.18. The van der Waals surface area contributed by atoms with Crippen LogP contribution in [-0.2, 0) is 14.6 Å².